The van der Waals surface area contributed by atoms with Gasteiger partial charge in [-0.25, -0.2) is 9.97 Å². The van der Waals surface area contributed by atoms with Crippen LogP contribution in [0.3, 0.4) is 0 Å². The van der Waals surface area contributed by atoms with Crippen molar-refractivity contribution in [2.24, 2.45) is 7.05 Å². The Labute approximate surface area is 123 Å². The van der Waals surface area contributed by atoms with Gasteiger partial charge in [0.1, 0.15) is 0 Å². The van der Waals surface area contributed by atoms with E-state index in [1.807, 2.05) is 31.1 Å². The van der Waals surface area contributed by atoms with Gasteiger partial charge in [-0.15, -0.1) is 0 Å². The average molecular weight is 289 g/mol. The zero-order valence-corrected chi connectivity index (χ0v) is 12.9. The van der Waals surface area contributed by atoms with Crippen LogP contribution in [0.15, 0.2) is 17.4 Å². The summed E-state index contributed by atoms with van der Waals surface area (Å²) in [5, 5.41) is 5.28. The van der Waals surface area contributed by atoms with Crippen molar-refractivity contribution in [1.29, 1.82) is 0 Å². The molecule has 0 spiro atoms. The number of rotatable bonds is 3. The minimum Gasteiger partial charge on any atom is -0.293 e. The minimum atomic E-state index is 0.874. The van der Waals surface area contributed by atoms with Gasteiger partial charge in [-0.05, 0) is 19.2 Å². The molecule has 1 aliphatic heterocycles. The smallest absolute Gasteiger partial charge is 0.187 e. The van der Waals surface area contributed by atoms with Crippen molar-refractivity contribution >= 4 is 11.8 Å². The first-order chi connectivity index (χ1) is 9.65. The van der Waals surface area contributed by atoms with Gasteiger partial charge in [-0.3, -0.25) is 9.58 Å². The van der Waals surface area contributed by atoms with Gasteiger partial charge in [0, 0.05) is 44.9 Å². The summed E-state index contributed by atoms with van der Waals surface area (Å²) in [6.45, 7) is 4.93. The molecule has 0 radical (unpaired) electrons. The third kappa shape index (κ3) is 2.71. The summed E-state index contributed by atoms with van der Waals surface area (Å²) in [5.74, 6) is 0. The molecular weight excluding hydrogens is 270 g/mol. The lowest BCUT2D eigenvalue weighted by Crippen LogP contribution is -2.31. The number of hydrogen-bond donors (Lipinski definition) is 0. The van der Waals surface area contributed by atoms with Crippen molar-refractivity contribution in [1.82, 2.24) is 24.6 Å². The third-order valence-corrected chi connectivity index (χ3v) is 4.22. The molecule has 0 amide bonds. The molecular formula is C14H19N5S. The summed E-state index contributed by atoms with van der Waals surface area (Å²) in [6.07, 6.45) is 5.00. The van der Waals surface area contributed by atoms with Crippen LogP contribution < -0.4 is 0 Å². The van der Waals surface area contributed by atoms with Crippen LogP contribution in [0.25, 0.3) is 0 Å². The van der Waals surface area contributed by atoms with E-state index in [1.165, 1.54) is 17.0 Å². The predicted octanol–water partition coefficient (Wildman–Crippen LogP) is 1.80. The summed E-state index contributed by atoms with van der Waals surface area (Å²) in [6, 6.07) is 2.16. The summed E-state index contributed by atoms with van der Waals surface area (Å²) in [4.78, 5) is 11.4. The highest BCUT2D eigenvalue weighted by atomic mass is 32.2. The largest absolute Gasteiger partial charge is 0.293 e. The molecule has 0 saturated carbocycles. The standard InChI is InChI=1S/C14H19N5S/c1-10-6-12(18(2)17-10)9-19-5-4-13-11(8-19)7-15-14(16-13)20-3/h6-7H,4-5,8-9H2,1-3H3. The topological polar surface area (TPSA) is 46.8 Å². The fourth-order valence-corrected chi connectivity index (χ4v) is 2.99. The summed E-state index contributed by atoms with van der Waals surface area (Å²) in [5.41, 5.74) is 4.80. The SMILES string of the molecule is CSc1ncc2c(n1)CCN(Cc1cc(C)nn1C)C2. The fourth-order valence-electron chi connectivity index (χ4n) is 2.63. The number of hydrogen-bond acceptors (Lipinski definition) is 5. The van der Waals surface area contributed by atoms with Crippen LogP contribution in [-0.4, -0.2) is 37.4 Å². The van der Waals surface area contributed by atoms with E-state index in [0.29, 0.717) is 0 Å². The highest BCUT2D eigenvalue weighted by molar-refractivity contribution is 7.98. The summed E-state index contributed by atoms with van der Waals surface area (Å²) >= 11 is 1.60. The van der Waals surface area contributed by atoms with E-state index < -0.39 is 0 Å². The molecule has 3 rings (SSSR count). The molecule has 0 fully saturated rings. The van der Waals surface area contributed by atoms with Gasteiger partial charge in [0.15, 0.2) is 5.16 Å². The van der Waals surface area contributed by atoms with Crippen LogP contribution >= 0.6 is 11.8 Å². The molecule has 20 heavy (non-hydrogen) atoms. The lowest BCUT2D eigenvalue weighted by Gasteiger charge is -2.27. The molecule has 0 bridgehead atoms. The molecule has 0 atom stereocenters. The zero-order valence-electron chi connectivity index (χ0n) is 12.1. The number of aromatic nitrogens is 4. The first-order valence-electron chi connectivity index (χ1n) is 6.76. The van der Waals surface area contributed by atoms with E-state index in [0.717, 1.165) is 36.9 Å². The van der Waals surface area contributed by atoms with E-state index >= 15 is 0 Å². The molecule has 2 aromatic heterocycles. The number of aryl methyl sites for hydroxylation is 2. The minimum absolute atomic E-state index is 0.874. The maximum atomic E-state index is 4.60. The predicted molar refractivity (Wildman–Crippen MR) is 79.6 cm³/mol. The van der Waals surface area contributed by atoms with Gasteiger partial charge in [0.25, 0.3) is 0 Å². The van der Waals surface area contributed by atoms with Crippen LogP contribution in [0.1, 0.15) is 22.6 Å². The van der Waals surface area contributed by atoms with E-state index in [1.54, 1.807) is 11.8 Å². The quantitative estimate of drug-likeness (QED) is 0.637. The molecule has 0 saturated heterocycles. The Bertz CT molecular complexity index is 622. The summed E-state index contributed by atoms with van der Waals surface area (Å²) < 4.78 is 1.97. The molecule has 0 unspecified atom stereocenters. The van der Waals surface area contributed by atoms with Crippen LogP contribution in [-0.2, 0) is 26.6 Å². The van der Waals surface area contributed by atoms with Crippen molar-refractivity contribution in [3.63, 3.8) is 0 Å². The Morgan fingerprint density at radius 3 is 2.95 bits per heavy atom. The lowest BCUT2D eigenvalue weighted by atomic mass is 10.1. The maximum absolute atomic E-state index is 4.60. The van der Waals surface area contributed by atoms with Crippen molar-refractivity contribution in [2.75, 3.05) is 12.8 Å². The van der Waals surface area contributed by atoms with Crippen molar-refractivity contribution in [2.45, 2.75) is 31.6 Å². The van der Waals surface area contributed by atoms with Crippen LogP contribution in [0, 0.1) is 6.92 Å². The van der Waals surface area contributed by atoms with Gasteiger partial charge in [0.05, 0.1) is 17.1 Å². The fraction of sp³-hybridized carbons (Fsp3) is 0.500. The molecule has 0 aromatic carbocycles. The van der Waals surface area contributed by atoms with E-state index in [-0.39, 0.29) is 0 Å². The Hall–Kier alpha value is -1.40. The van der Waals surface area contributed by atoms with Crippen LogP contribution in [0.4, 0.5) is 0 Å². The zero-order chi connectivity index (χ0) is 14.1. The molecule has 0 aliphatic carbocycles. The summed E-state index contributed by atoms with van der Waals surface area (Å²) in [7, 11) is 2.01. The molecule has 0 N–H and O–H groups in total. The molecule has 5 nitrogen and oxygen atoms in total. The Balaban J connectivity index is 1.74. The second-order valence-electron chi connectivity index (χ2n) is 5.19. The molecule has 106 valence electrons. The van der Waals surface area contributed by atoms with Crippen molar-refractivity contribution < 1.29 is 0 Å². The second kappa shape index (κ2) is 5.54. The average Bonchev–Trinajstić information content (AvgIpc) is 2.76. The van der Waals surface area contributed by atoms with Gasteiger partial charge in [-0.1, -0.05) is 11.8 Å². The van der Waals surface area contributed by atoms with Gasteiger partial charge < -0.3 is 0 Å². The van der Waals surface area contributed by atoms with Gasteiger partial charge in [-0.2, -0.15) is 5.10 Å². The highest BCUT2D eigenvalue weighted by Crippen LogP contribution is 2.20. The van der Waals surface area contributed by atoms with E-state index in [9.17, 15) is 0 Å². The Kier molecular flexibility index (Phi) is 3.76. The van der Waals surface area contributed by atoms with Crippen molar-refractivity contribution in [3.8, 4) is 0 Å². The first kappa shape index (κ1) is 13.6. The van der Waals surface area contributed by atoms with E-state index in [2.05, 4.69) is 26.0 Å². The van der Waals surface area contributed by atoms with Gasteiger partial charge in [0.2, 0.25) is 0 Å². The number of nitrogens with zero attached hydrogens (tertiary/aromatic N) is 5. The first-order valence-corrected chi connectivity index (χ1v) is 7.99. The molecule has 3 heterocycles. The Morgan fingerprint density at radius 2 is 2.25 bits per heavy atom. The maximum Gasteiger partial charge on any atom is 0.187 e. The Morgan fingerprint density at radius 1 is 1.40 bits per heavy atom. The molecule has 1 aliphatic rings. The monoisotopic (exact) mass is 289 g/mol. The third-order valence-electron chi connectivity index (χ3n) is 3.66. The van der Waals surface area contributed by atoms with Crippen LogP contribution in [0.5, 0.6) is 0 Å². The van der Waals surface area contributed by atoms with Crippen LogP contribution in [0.2, 0.25) is 0 Å². The number of thioether (sulfide) groups is 1. The van der Waals surface area contributed by atoms with E-state index in [4.69, 9.17) is 0 Å². The normalized spacial score (nSPS) is 15.3. The second-order valence-corrected chi connectivity index (χ2v) is 5.96. The van der Waals surface area contributed by atoms with Gasteiger partial charge >= 0.3 is 0 Å². The number of fused-ring (bicyclic) bond motifs is 1. The highest BCUT2D eigenvalue weighted by Gasteiger charge is 2.19. The molecule has 2 aromatic rings. The lowest BCUT2D eigenvalue weighted by molar-refractivity contribution is 0.236. The van der Waals surface area contributed by atoms with Crippen molar-refractivity contribution in [3.05, 3.63) is 34.9 Å². The molecule has 6 heteroatoms.